The third-order valence-electron chi connectivity index (χ3n) is 1.62. The number of pyridine rings is 1. The molecule has 0 atom stereocenters. The van der Waals surface area contributed by atoms with Crippen LogP contribution < -0.4 is 0 Å². The minimum atomic E-state index is -0.565. The molecule has 1 heterocycles. The minimum absolute atomic E-state index is 0.0203. The Morgan fingerprint density at radius 3 is 2.86 bits per heavy atom. The quantitative estimate of drug-likeness (QED) is 0.546. The van der Waals surface area contributed by atoms with Gasteiger partial charge in [0.05, 0.1) is 18.7 Å². The maximum absolute atomic E-state index is 12.8. The van der Waals surface area contributed by atoms with E-state index in [0.29, 0.717) is 12.3 Å². The van der Waals surface area contributed by atoms with Crippen molar-refractivity contribution in [2.75, 3.05) is 6.61 Å². The molecule has 1 aromatic rings. The Balaban J connectivity index is 2.71. The van der Waals surface area contributed by atoms with Crippen molar-refractivity contribution < 1.29 is 13.9 Å². The number of hydrogen-bond donors (Lipinski definition) is 0. The number of hydrogen-bond acceptors (Lipinski definition) is 3. The Bertz CT molecular complexity index is 319. The van der Waals surface area contributed by atoms with Gasteiger partial charge >= 0.3 is 5.97 Å². The van der Waals surface area contributed by atoms with E-state index < -0.39 is 5.95 Å². The molecule has 3 nitrogen and oxygen atoms in total. The molecule has 0 amide bonds. The van der Waals surface area contributed by atoms with Crippen molar-refractivity contribution in [2.24, 2.45) is 0 Å². The summed E-state index contributed by atoms with van der Waals surface area (Å²) in [6, 6.07) is 2.98. The number of rotatable bonds is 3. The number of ether oxygens (including phenoxy) is 1. The molecule has 0 unspecified atom stereocenters. The molecule has 1 rings (SSSR count). The predicted octanol–water partition coefficient (Wildman–Crippen LogP) is 1.63. The zero-order chi connectivity index (χ0) is 10.6. The summed E-state index contributed by atoms with van der Waals surface area (Å²) in [5, 5.41) is 0. The van der Waals surface area contributed by atoms with Crippen LogP contribution >= 0.6 is 0 Å². The van der Waals surface area contributed by atoms with Crippen LogP contribution in [-0.4, -0.2) is 17.6 Å². The second-order valence-corrected chi connectivity index (χ2v) is 2.94. The highest BCUT2D eigenvalue weighted by Gasteiger charge is 2.06. The Hall–Kier alpha value is -1.45. The lowest BCUT2D eigenvalue weighted by Crippen LogP contribution is -2.09. The van der Waals surface area contributed by atoms with Crippen LogP contribution in [0.4, 0.5) is 4.39 Å². The maximum Gasteiger partial charge on any atom is 0.311 e. The smallest absolute Gasteiger partial charge is 0.311 e. The van der Waals surface area contributed by atoms with Gasteiger partial charge in [-0.15, -0.1) is 0 Å². The van der Waals surface area contributed by atoms with E-state index in [9.17, 15) is 9.18 Å². The first-order valence-electron chi connectivity index (χ1n) is 4.40. The van der Waals surface area contributed by atoms with Crippen LogP contribution in [0.3, 0.4) is 0 Å². The van der Waals surface area contributed by atoms with Gasteiger partial charge in [-0.2, -0.15) is 4.39 Å². The summed E-state index contributed by atoms with van der Waals surface area (Å²) in [5.74, 6) is -0.950. The molecule has 0 aliphatic heterocycles. The fraction of sp³-hybridized carbons (Fsp3) is 0.400. The molecule has 0 saturated carbocycles. The lowest BCUT2D eigenvalue weighted by atomic mass is 10.2. The van der Waals surface area contributed by atoms with Crippen LogP contribution in [0.1, 0.15) is 18.2 Å². The highest BCUT2D eigenvalue weighted by atomic mass is 19.1. The van der Waals surface area contributed by atoms with Crippen molar-refractivity contribution in [3.8, 4) is 0 Å². The van der Waals surface area contributed by atoms with Crippen molar-refractivity contribution in [1.82, 2.24) is 4.98 Å². The van der Waals surface area contributed by atoms with Crippen molar-refractivity contribution in [2.45, 2.75) is 20.3 Å². The van der Waals surface area contributed by atoms with E-state index in [4.69, 9.17) is 4.74 Å². The number of aromatic nitrogens is 1. The Kier molecular flexibility index (Phi) is 3.56. The molecular weight excluding hydrogens is 185 g/mol. The van der Waals surface area contributed by atoms with Gasteiger partial charge in [-0.05, 0) is 31.5 Å². The van der Waals surface area contributed by atoms with Crippen molar-refractivity contribution in [1.29, 1.82) is 0 Å². The summed E-state index contributed by atoms with van der Waals surface area (Å²) in [5.41, 5.74) is 1.15. The Morgan fingerprint density at radius 2 is 2.29 bits per heavy atom. The van der Waals surface area contributed by atoms with Gasteiger partial charge in [0.15, 0.2) is 0 Å². The number of aryl methyl sites for hydroxylation is 1. The molecule has 76 valence electrons. The Morgan fingerprint density at radius 1 is 1.57 bits per heavy atom. The highest BCUT2D eigenvalue weighted by Crippen LogP contribution is 2.05. The van der Waals surface area contributed by atoms with E-state index >= 15 is 0 Å². The summed E-state index contributed by atoms with van der Waals surface area (Å²) < 4.78 is 17.5. The summed E-state index contributed by atoms with van der Waals surface area (Å²) in [7, 11) is 0. The standard InChI is InChI=1S/C10H12FNO2/c1-3-14-10(13)6-8-4-7(2)5-9(11)12-8/h4-5H,3,6H2,1-2H3. The van der Waals surface area contributed by atoms with Crippen LogP contribution in [0.15, 0.2) is 12.1 Å². The van der Waals surface area contributed by atoms with Gasteiger partial charge in [0.25, 0.3) is 0 Å². The first kappa shape index (κ1) is 10.6. The van der Waals surface area contributed by atoms with E-state index in [2.05, 4.69) is 4.98 Å². The van der Waals surface area contributed by atoms with Gasteiger partial charge in [0, 0.05) is 0 Å². The molecule has 0 aliphatic rings. The van der Waals surface area contributed by atoms with Crippen LogP contribution in [0, 0.1) is 12.9 Å². The Labute approximate surface area is 81.9 Å². The normalized spacial score (nSPS) is 9.93. The molecular formula is C10H12FNO2. The zero-order valence-electron chi connectivity index (χ0n) is 8.21. The molecule has 0 bridgehead atoms. The fourth-order valence-electron chi connectivity index (χ4n) is 1.14. The maximum atomic E-state index is 12.8. The molecule has 4 heteroatoms. The highest BCUT2D eigenvalue weighted by molar-refractivity contribution is 5.71. The van der Waals surface area contributed by atoms with E-state index in [1.165, 1.54) is 6.07 Å². The van der Waals surface area contributed by atoms with Gasteiger partial charge in [-0.25, -0.2) is 4.98 Å². The molecule has 0 saturated heterocycles. The summed E-state index contributed by atoms with van der Waals surface area (Å²) in [4.78, 5) is 14.6. The molecule has 0 spiro atoms. The van der Waals surface area contributed by atoms with Crippen molar-refractivity contribution in [3.05, 3.63) is 29.3 Å². The lowest BCUT2D eigenvalue weighted by Gasteiger charge is -2.02. The van der Waals surface area contributed by atoms with Gasteiger partial charge in [0.2, 0.25) is 5.95 Å². The molecule has 14 heavy (non-hydrogen) atoms. The number of halogens is 1. The van der Waals surface area contributed by atoms with Gasteiger partial charge < -0.3 is 4.74 Å². The van der Waals surface area contributed by atoms with Crippen LogP contribution in [0.2, 0.25) is 0 Å². The average molecular weight is 197 g/mol. The summed E-state index contributed by atoms with van der Waals surface area (Å²) >= 11 is 0. The summed E-state index contributed by atoms with van der Waals surface area (Å²) in [6.07, 6.45) is 0.0203. The van der Waals surface area contributed by atoms with Crippen molar-refractivity contribution >= 4 is 5.97 Å². The molecule has 0 aromatic carbocycles. The second-order valence-electron chi connectivity index (χ2n) is 2.94. The molecule has 0 N–H and O–H groups in total. The third-order valence-corrected chi connectivity index (χ3v) is 1.62. The number of nitrogens with zero attached hydrogens (tertiary/aromatic N) is 1. The van der Waals surface area contributed by atoms with E-state index in [-0.39, 0.29) is 12.4 Å². The van der Waals surface area contributed by atoms with Crippen LogP contribution in [0.25, 0.3) is 0 Å². The molecule has 0 aliphatic carbocycles. The van der Waals surface area contributed by atoms with E-state index in [1.54, 1.807) is 19.9 Å². The monoisotopic (exact) mass is 197 g/mol. The van der Waals surface area contributed by atoms with Gasteiger partial charge in [-0.1, -0.05) is 0 Å². The number of carbonyl (C=O) groups excluding carboxylic acids is 1. The minimum Gasteiger partial charge on any atom is -0.466 e. The molecule has 0 radical (unpaired) electrons. The SMILES string of the molecule is CCOC(=O)Cc1cc(C)cc(F)n1. The van der Waals surface area contributed by atoms with Crippen molar-refractivity contribution in [3.63, 3.8) is 0 Å². The van der Waals surface area contributed by atoms with Crippen LogP contribution in [0.5, 0.6) is 0 Å². The fourth-order valence-corrected chi connectivity index (χ4v) is 1.14. The lowest BCUT2D eigenvalue weighted by molar-refractivity contribution is -0.142. The molecule has 1 aromatic heterocycles. The largest absolute Gasteiger partial charge is 0.466 e. The first-order chi connectivity index (χ1) is 6.61. The average Bonchev–Trinajstić information content (AvgIpc) is 2.01. The van der Waals surface area contributed by atoms with Crippen LogP contribution in [-0.2, 0) is 16.0 Å². The predicted molar refractivity (Wildman–Crippen MR) is 49.3 cm³/mol. The van der Waals surface area contributed by atoms with Gasteiger partial charge in [-0.3, -0.25) is 4.79 Å². The second kappa shape index (κ2) is 4.69. The van der Waals surface area contributed by atoms with Gasteiger partial charge in [0.1, 0.15) is 0 Å². The zero-order valence-corrected chi connectivity index (χ0v) is 8.21. The van der Waals surface area contributed by atoms with E-state index in [1.807, 2.05) is 0 Å². The topological polar surface area (TPSA) is 39.2 Å². The number of carbonyl (C=O) groups is 1. The number of esters is 1. The molecule has 0 fully saturated rings. The summed E-state index contributed by atoms with van der Waals surface area (Å²) in [6.45, 7) is 3.80. The third kappa shape index (κ3) is 3.12. The van der Waals surface area contributed by atoms with E-state index in [0.717, 1.165) is 5.56 Å². The first-order valence-corrected chi connectivity index (χ1v) is 4.40.